The topological polar surface area (TPSA) is 55.4 Å². The van der Waals surface area contributed by atoms with E-state index in [1.165, 1.54) is 4.57 Å². The molecule has 5 heteroatoms. The zero-order chi connectivity index (χ0) is 12.6. The number of nitrogens with zero attached hydrogens (tertiary/aromatic N) is 1. The summed E-state index contributed by atoms with van der Waals surface area (Å²) in [6.45, 7) is 4.01. The van der Waals surface area contributed by atoms with Gasteiger partial charge in [0.1, 0.15) is 0 Å². The minimum Gasteiger partial charge on any atom is -0.408 e. The molecule has 0 saturated carbocycles. The molecular weight excluding hydrogens is 238 g/mol. The van der Waals surface area contributed by atoms with E-state index >= 15 is 0 Å². The predicted molar refractivity (Wildman–Crippen MR) is 68.5 cm³/mol. The van der Waals surface area contributed by atoms with Crippen LogP contribution in [0, 0.1) is 0 Å². The van der Waals surface area contributed by atoms with Crippen LogP contribution in [0.25, 0.3) is 11.1 Å². The number of aliphatic hydroxyl groups is 1. The molecular formula is C12H15NO3S. The fraction of sp³-hybridized carbons (Fsp3) is 0.417. The predicted octanol–water partition coefficient (Wildman–Crippen LogP) is 1.99. The van der Waals surface area contributed by atoms with Crippen molar-refractivity contribution in [2.24, 2.45) is 7.05 Å². The van der Waals surface area contributed by atoms with Crippen LogP contribution in [0.3, 0.4) is 0 Å². The van der Waals surface area contributed by atoms with Gasteiger partial charge in [-0.15, -0.1) is 11.8 Å². The summed E-state index contributed by atoms with van der Waals surface area (Å²) < 4.78 is 6.34. The van der Waals surface area contributed by atoms with Gasteiger partial charge in [-0.25, -0.2) is 4.79 Å². The number of thioether (sulfide) groups is 1. The lowest BCUT2D eigenvalue weighted by Gasteiger charge is -2.20. The number of aliphatic hydroxyl groups excluding tert-OH is 1. The van der Waals surface area contributed by atoms with Crippen molar-refractivity contribution in [3.63, 3.8) is 0 Å². The highest BCUT2D eigenvalue weighted by atomic mass is 32.2. The molecule has 0 bridgehead atoms. The number of aromatic nitrogens is 1. The molecule has 0 radical (unpaired) electrons. The van der Waals surface area contributed by atoms with E-state index in [1.807, 2.05) is 32.0 Å². The maximum atomic E-state index is 11.3. The first kappa shape index (κ1) is 12.3. The third-order valence-electron chi connectivity index (χ3n) is 2.54. The van der Waals surface area contributed by atoms with E-state index in [9.17, 15) is 9.90 Å². The Morgan fingerprint density at radius 2 is 2.18 bits per heavy atom. The Morgan fingerprint density at radius 3 is 2.82 bits per heavy atom. The third kappa shape index (κ3) is 2.40. The largest absolute Gasteiger partial charge is 0.419 e. The number of fused-ring (bicyclic) bond motifs is 1. The van der Waals surface area contributed by atoms with E-state index in [0.29, 0.717) is 5.58 Å². The Labute approximate surface area is 103 Å². The van der Waals surface area contributed by atoms with Crippen LogP contribution < -0.4 is 5.76 Å². The number of hydrogen-bond donors (Lipinski definition) is 1. The summed E-state index contributed by atoms with van der Waals surface area (Å²) in [6.07, 6.45) is 0. The van der Waals surface area contributed by atoms with Gasteiger partial charge in [0.15, 0.2) is 5.58 Å². The molecule has 0 aliphatic carbocycles. The maximum absolute atomic E-state index is 11.3. The first-order valence-corrected chi connectivity index (χ1v) is 6.14. The van der Waals surface area contributed by atoms with Crippen molar-refractivity contribution in [1.82, 2.24) is 4.57 Å². The van der Waals surface area contributed by atoms with Gasteiger partial charge in [-0.2, -0.15) is 0 Å². The Morgan fingerprint density at radius 1 is 1.47 bits per heavy atom. The Bertz CT molecular complexity index is 597. The molecule has 0 amide bonds. The molecule has 92 valence electrons. The quantitative estimate of drug-likeness (QED) is 0.850. The molecule has 0 saturated heterocycles. The summed E-state index contributed by atoms with van der Waals surface area (Å²) in [5.41, 5.74) is 1.36. The molecule has 17 heavy (non-hydrogen) atoms. The smallest absolute Gasteiger partial charge is 0.408 e. The molecule has 1 N–H and O–H groups in total. The van der Waals surface area contributed by atoms with Crippen LogP contribution in [0.1, 0.15) is 13.8 Å². The molecule has 0 aliphatic heterocycles. The van der Waals surface area contributed by atoms with Crippen LogP contribution in [0.5, 0.6) is 0 Å². The van der Waals surface area contributed by atoms with Crippen molar-refractivity contribution in [1.29, 1.82) is 0 Å². The SMILES string of the molecule is Cn1c(=O)oc2cc(SC(C)(C)CO)ccc21. The van der Waals surface area contributed by atoms with E-state index in [0.717, 1.165) is 10.4 Å². The minimum absolute atomic E-state index is 0.0917. The van der Waals surface area contributed by atoms with Gasteiger partial charge in [-0.3, -0.25) is 4.57 Å². The van der Waals surface area contributed by atoms with Gasteiger partial charge in [0.25, 0.3) is 0 Å². The molecule has 0 unspecified atom stereocenters. The highest BCUT2D eigenvalue weighted by molar-refractivity contribution is 8.00. The minimum atomic E-state index is -0.358. The van der Waals surface area contributed by atoms with E-state index < -0.39 is 0 Å². The second kappa shape index (κ2) is 4.23. The van der Waals surface area contributed by atoms with Gasteiger partial charge in [-0.05, 0) is 32.0 Å². The molecule has 0 fully saturated rings. The molecule has 0 atom stereocenters. The van der Waals surface area contributed by atoms with E-state index in [1.54, 1.807) is 18.8 Å². The first-order valence-electron chi connectivity index (χ1n) is 5.32. The molecule has 0 spiro atoms. The second-order valence-electron chi connectivity index (χ2n) is 4.58. The highest BCUT2D eigenvalue weighted by Gasteiger charge is 2.18. The van der Waals surface area contributed by atoms with Gasteiger partial charge in [0.2, 0.25) is 0 Å². The number of benzene rings is 1. The molecule has 1 heterocycles. The van der Waals surface area contributed by atoms with Crippen molar-refractivity contribution in [3.05, 3.63) is 28.7 Å². The van der Waals surface area contributed by atoms with Crippen molar-refractivity contribution < 1.29 is 9.52 Å². The number of rotatable bonds is 3. The lowest BCUT2D eigenvalue weighted by Crippen LogP contribution is -2.19. The van der Waals surface area contributed by atoms with Crippen LogP contribution in [0.2, 0.25) is 0 Å². The van der Waals surface area contributed by atoms with Crippen LogP contribution >= 0.6 is 11.8 Å². The van der Waals surface area contributed by atoms with Crippen LogP contribution in [-0.2, 0) is 7.05 Å². The zero-order valence-electron chi connectivity index (χ0n) is 10.1. The van der Waals surface area contributed by atoms with Crippen LogP contribution in [-0.4, -0.2) is 21.0 Å². The van der Waals surface area contributed by atoms with Gasteiger partial charge in [-0.1, -0.05) is 0 Å². The summed E-state index contributed by atoms with van der Waals surface area (Å²) in [6, 6.07) is 5.62. The Balaban J connectivity index is 2.42. The van der Waals surface area contributed by atoms with Crippen LogP contribution in [0.4, 0.5) is 0 Å². The summed E-state index contributed by atoms with van der Waals surface area (Å²) >= 11 is 1.55. The average molecular weight is 253 g/mol. The van der Waals surface area contributed by atoms with E-state index in [-0.39, 0.29) is 17.1 Å². The molecule has 1 aromatic heterocycles. The first-order chi connectivity index (χ1) is 7.93. The van der Waals surface area contributed by atoms with Crippen molar-refractivity contribution in [2.75, 3.05) is 6.61 Å². The summed E-state index contributed by atoms with van der Waals surface area (Å²) in [4.78, 5) is 12.3. The lowest BCUT2D eigenvalue weighted by atomic mass is 10.2. The normalized spacial score (nSPS) is 12.2. The van der Waals surface area contributed by atoms with Gasteiger partial charge in [0.05, 0.1) is 12.1 Å². The van der Waals surface area contributed by atoms with E-state index in [2.05, 4.69) is 0 Å². The summed E-state index contributed by atoms with van der Waals surface area (Å²) in [5.74, 6) is -0.358. The molecule has 0 aliphatic rings. The fourth-order valence-electron chi connectivity index (χ4n) is 1.53. The van der Waals surface area contributed by atoms with Crippen molar-refractivity contribution in [2.45, 2.75) is 23.5 Å². The number of oxazole rings is 1. The lowest BCUT2D eigenvalue weighted by molar-refractivity contribution is 0.265. The standard InChI is InChI=1S/C12H15NO3S/c1-12(2,7-14)17-8-4-5-9-10(6-8)16-11(15)13(9)3/h4-6,14H,7H2,1-3H3. The third-order valence-corrected chi connectivity index (χ3v) is 3.71. The highest BCUT2D eigenvalue weighted by Crippen LogP contribution is 2.33. The monoisotopic (exact) mass is 253 g/mol. The second-order valence-corrected chi connectivity index (χ2v) is 6.36. The fourth-order valence-corrected chi connectivity index (χ4v) is 2.53. The molecule has 2 rings (SSSR count). The van der Waals surface area contributed by atoms with Crippen molar-refractivity contribution >= 4 is 22.9 Å². The van der Waals surface area contributed by atoms with Gasteiger partial charge in [0, 0.05) is 16.7 Å². The number of aryl methyl sites for hydroxylation is 1. The molecule has 2 aromatic rings. The Kier molecular flexibility index (Phi) is 3.05. The molecule has 1 aromatic carbocycles. The van der Waals surface area contributed by atoms with Gasteiger partial charge >= 0.3 is 5.76 Å². The summed E-state index contributed by atoms with van der Waals surface area (Å²) in [7, 11) is 1.68. The number of hydrogen-bond acceptors (Lipinski definition) is 4. The molecule has 4 nitrogen and oxygen atoms in total. The Hall–Kier alpha value is -1.20. The summed E-state index contributed by atoms with van der Waals surface area (Å²) in [5, 5.41) is 9.22. The van der Waals surface area contributed by atoms with Crippen molar-refractivity contribution in [3.8, 4) is 0 Å². The van der Waals surface area contributed by atoms with Gasteiger partial charge < -0.3 is 9.52 Å². The maximum Gasteiger partial charge on any atom is 0.419 e. The average Bonchev–Trinajstić information content (AvgIpc) is 2.54. The van der Waals surface area contributed by atoms with E-state index in [4.69, 9.17) is 4.42 Å². The zero-order valence-corrected chi connectivity index (χ0v) is 10.9. The van der Waals surface area contributed by atoms with Crippen LogP contribution in [0.15, 0.2) is 32.3 Å².